The third kappa shape index (κ3) is 1.05. The number of hydrogen-bond donors (Lipinski definition) is 2. The molecule has 2 rings (SSSR count). The van der Waals surface area contributed by atoms with E-state index in [0.717, 1.165) is 0 Å². The molecule has 0 aliphatic carbocycles. The van der Waals surface area contributed by atoms with E-state index < -0.39 is 0 Å². The Kier molecular flexibility index (Phi) is 2.00. The average Bonchev–Trinajstić information content (AvgIpc) is 2.38. The summed E-state index contributed by atoms with van der Waals surface area (Å²) in [5.74, 6) is 0. The maximum Gasteiger partial charge on any atom is 0.322 e. The molecule has 2 atom stereocenters. The summed E-state index contributed by atoms with van der Waals surface area (Å²) in [5.41, 5.74) is 5.86. The smallest absolute Gasteiger partial charge is 0.322 e. The van der Waals surface area contributed by atoms with Crippen molar-refractivity contribution < 1.29 is 4.79 Å². The molecule has 2 N–H and O–H groups in total. The lowest BCUT2D eigenvalue weighted by Gasteiger charge is -2.40. The molecule has 2 saturated heterocycles. The van der Waals surface area contributed by atoms with Crippen molar-refractivity contribution in [3.8, 4) is 0 Å². The van der Waals surface area contributed by atoms with Crippen LogP contribution in [0.25, 0.3) is 0 Å². The van der Waals surface area contributed by atoms with Crippen molar-refractivity contribution in [1.29, 1.82) is 0 Å². The molecular formula is C7H13N5OS. The summed E-state index contributed by atoms with van der Waals surface area (Å²) in [4.78, 5) is 16.8. The number of amides is 2. The summed E-state index contributed by atoms with van der Waals surface area (Å²) >= 11 is 5.08. The van der Waals surface area contributed by atoms with Crippen molar-refractivity contribution in [3.05, 3.63) is 0 Å². The number of urea groups is 1. The second-order valence-corrected chi connectivity index (χ2v) is 3.93. The van der Waals surface area contributed by atoms with Gasteiger partial charge in [-0.3, -0.25) is 5.43 Å². The predicted octanol–water partition coefficient (Wildman–Crippen LogP) is -1.04. The second-order valence-electron chi connectivity index (χ2n) is 3.55. The number of rotatable bonds is 0. The number of fused-ring (bicyclic) bond motifs is 1. The van der Waals surface area contributed by atoms with Crippen LogP contribution in [0.3, 0.4) is 0 Å². The number of thiocarbonyl (C=S) groups is 1. The first-order valence-electron chi connectivity index (χ1n) is 4.32. The summed E-state index contributed by atoms with van der Waals surface area (Å²) < 4.78 is 0. The van der Waals surface area contributed by atoms with Crippen molar-refractivity contribution in [1.82, 2.24) is 25.6 Å². The number of hydrogen-bond acceptors (Lipinski definition) is 3. The van der Waals surface area contributed by atoms with Gasteiger partial charge in [0.05, 0.1) is 0 Å². The number of nitrogens with one attached hydrogen (secondary N) is 2. The highest BCUT2D eigenvalue weighted by atomic mass is 32.1. The normalized spacial score (nSPS) is 32.1. The lowest BCUT2D eigenvalue weighted by molar-refractivity contribution is 0.121. The zero-order chi connectivity index (χ0) is 10.5. The molecule has 2 aliphatic heterocycles. The fourth-order valence-electron chi connectivity index (χ4n) is 1.88. The Morgan fingerprint density at radius 3 is 2.50 bits per heavy atom. The first-order chi connectivity index (χ1) is 6.54. The largest absolute Gasteiger partial charge is 0.327 e. The number of carbonyl (C=O) groups excluding carboxylic acids is 1. The van der Waals surface area contributed by atoms with Crippen LogP contribution in [-0.4, -0.2) is 59.3 Å². The maximum atomic E-state index is 11.6. The van der Waals surface area contributed by atoms with Crippen molar-refractivity contribution in [2.75, 3.05) is 21.1 Å². The Labute approximate surface area is 87.8 Å². The molecule has 2 aliphatic rings. The minimum Gasteiger partial charge on any atom is -0.327 e. The molecule has 0 spiro atoms. The van der Waals surface area contributed by atoms with Gasteiger partial charge in [-0.15, -0.1) is 0 Å². The predicted molar refractivity (Wildman–Crippen MR) is 55.1 cm³/mol. The highest BCUT2D eigenvalue weighted by Gasteiger charge is 2.47. The summed E-state index contributed by atoms with van der Waals surface area (Å²) in [7, 11) is 5.41. The average molecular weight is 215 g/mol. The molecule has 0 aromatic heterocycles. The fraction of sp³-hybridized carbons (Fsp3) is 0.714. The van der Waals surface area contributed by atoms with E-state index in [4.69, 9.17) is 12.2 Å². The lowest BCUT2D eigenvalue weighted by Crippen LogP contribution is -2.67. The van der Waals surface area contributed by atoms with Crippen LogP contribution in [0.1, 0.15) is 0 Å². The van der Waals surface area contributed by atoms with Gasteiger partial charge in [-0.25, -0.2) is 10.2 Å². The second kappa shape index (κ2) is 2.96. The van der Waals surface area contributed by atoms with Gasteiger partial charge < -0.3 is 14.7 Å². The monoisotopic (exact) mass is 215 g/mol. The SMILES string of the molecule is CN1C(=O)N(C)[C@H]2NNC(=S)N(C)[C@@H]21. The number of nitrogens with zero attached hydrogens (tertiary/aromatic N) is 3. The molecule has 6 nitrogen and oxygen atoms in total. The third-order valence-electron chi connectivity index (χ3n) is 2.74. The van der Waals surface area contributed by atoms with Gasteiger partial charge in [0.1, 0.15) is 12.3 Å². The van der Waals surface area contributed by atoms with Gasteiger partial charge in [0.15, 0.2) is 5.11 Å². The molecule has 0 saturated carbocycles. The number of likely N-dealkylation sites (N-methyl/N-ethyl adjacent to an activating group) is 3. The molecule has 0 radical (unpaired) electrons. The highest BCUT2D eigenvalue weighted by Crippen LogP contribution is 2.21. The van der Waals surface area contributed by atoms with Crippen LogP contribution in [0.5, 0.6) is 0 Å². The van der Waals surface area contributed by atoms with Crippen LogP contribution in [0.4, 0.5) is 4.79 Å². The zero-order valence-corrected chi connectivity index (χ0v) is 9.13. The van der Waals surface area contributed by atoms with Crippen LogP contribution < -0.4 is 10.9 Å². The van der Waals surface area contributed by atoms with E-state index in [2.05, 4.69) is 10.9 Å². The Morgan fingerprint density at radius 2 is 1.86 bits per heavy atom. The van der Waals surface area contributed by atoms with E-state index >= 15 is 0 Å². The summed E-state index contributed by atoms with van der Waals surface area (Å²) in [5, 5.41) is 0.598. The van der Waals surface area contributed by atoms with E-state index in [1.165, 1.54) is 0 Å². The van der Waals surface area contributed by atoms with Gasteiger partial charge in [-0.05, 0) is 12.2 Å². The third-order valence-corrected chi connectivity index (χ3v) is 3.13. The Bertz CT molecular complexity index is 292. The van der Waals surface area contributed by atoms with Crippen LogP contribution >= 0.6 is 12.2 Å². The summed E-state index contributed by atoms with van der Waals surface area (Å²) in [6, 6.07) is -0.00847. The molecule has 2 heterocycles. The van der Waals surface area contributed by atoms with Crippen LogP contribution in [-0.2, 0) is 0 Å². The van der Waals surface area contributed by atoms with Gasteiger partial charge >= 0.3 is 6.03 Å². The molecule has 0 aromatic carbocycles. The van der Waals surface area contributed by atoms with Gasteiger partial charge in [0.2, 0.25) is 0 Å². The Morgan fingerprint density at radius 1 is 1.21 bits per heavy atom. The minimum absolute atomic E-state index is 0.00847. The van der Waals surface area contributed by atoms with Gasteiger partial charge in [0.25, 0.3) is 0 Å². The molecule has 2 fully saturated rings. The van der Waals surface area contributed by atoms with Crippen molar-refractivity contribution in [3.63, 3.8) is 0 Å². The standard InChI is InChI=1S/C7H13N5OS/c1-10-4-5(12(3)7(10)13)11(2)6(14)9-8-4/h4-5,8H,1-3H3,(H,9,14)/t4-,5-/m1/s1. The maximum absolute atomic E-state index is 11.6. The minimum atomic E-state index is -0.0656. The number of carbonyl (C=O) groups is 1. The molecule has 14 heavy (non-hydrogen) atoms. The molecule has 0 bridgehead atoms. The first-order valence-corrected chi connectivity index (χ1v) is 4.73. The quantitative estimate of drug-likeness (QED) is 0.506. The first kappa shape index (κ1) is 9.47. The molecule has 78 valence electrons. The van der Waals surface area contributed by atoms with Crippen LogP contribution in [0.15, 0.2) is 0 Å². The molecular weight excluding hydrogens is 202 g/mol. The molecule has 0 unspecified atom stereocenters. The van der Waals surface area contributed by atoms with Crippen molar-refractivity contribution in [2.24, 2.45) is 0 Å². The number of hydrazine groups is 1. The summed E-state index contributed by atoms with van der Waals surface area (Å²) in [6.45, 7) is 0. The Hall–Kier alpha value is -1.08. The fourth-order valence-corrected chi connectivity index (χ4v) is 2.05. The van der Waals surface area contributed by atoms with Gasteiger partial charge in [-0.2, -0.15) is 0 Å². The zero-order valence-electron chi connectivity index (χ0n) is 8.31. The van der Waals surface area contributed by atoms with E-state index in [9.17, 15) is 4.79 Å². The summed E-state index contributed by atoms with van der Waals surface area (Å²) in [6.07, 6.45) is -0.106. The van der Waals surface area contributed by atoms with Crippen molar-refractivity contribution in [2.45, 2.75) is 12.3 Å². The lowest BCUT2D eigenvalue weighted by atomic mass is 10.3. The highest BCUT2D eigenvalue weighted by molar-refractivity contribution is 7.80. The van der Waals surface area contributed by atoms with E-state index in [0.29, 0.717) is 5.11 Å². The van der Waals surface area contributed by atoms with E-state index in [1.807, 2.05) is 11.9 Å². The molecule has 2 amide bonds. The molecule has 0 aromatic rings. The molecule has 7 heteroatoms. The van der Waals surface area contributed by atoms with Crippen LogP contribution in [0.2, 0.25) is 0 Å². The Balaban J connectivity index is 2.29. The van der Waals surface area contributed by atoms with Gasteiger partial charge in [0, 0.05) is 21.1 Å². The van der Waals surface area contributed by atoms with E-state index in [1.54, 1.807) is 23.9 Å². The van der Waals surface area contributed by atoms with E-state index in [-0.39, 0.29) is 18.4 Å². The van der Waals surface area contributed by atoms with Crippen molar-refractivity contribution >= 4 is 23.4 Å². The topological polar surface area (TPSA) is 50.9 Å². The van der Waals surface area contributed by atoms with Crippen LogP contribution in [0, 0.1) is 0 Å². The van der Waals surface area contributed by atoms with Gasteiger partial charge in [-0.1, -0.05) is 0 Å².